The van der Waals surface area contributed by atoms with Gasteiger partial charge in [-0.2, -0.15) is 0 Å². The molecule has 1 aliphatic rings. The van der Waals surface area contributed by atoms with E-state index in [4.69, 9.17) is 0 Å². The molecule has 1 aromatic rings. The second-order valence-electron chi connectivity index (χ2n) is 4.73. The predicted octanol–water partition coefficient (Wildman–Crippen LogP) is 1.34. The minimum Gasteiger partial charge on any atom is -0.394 e. The summed E-state index contributed by atoms with van der Waals surface area (Å²) in [5.41, 5.74) is -0.0814. The van der Waals surface area contributed by atoms with Crippen molar-refractivity contribution in [3.8, 4) is 0 Å². The topological polar surface area (TPSA) is 50.1 Å². The van der Waals surface area contributed by atoms with Gasteiger partial charge in [-0.15, -0.1) is 0 Å². The van der Waals surface area contributed by atoms with Crippen molar-refractivity contribution in [1.29, 1.82) is 0 Å². The van der Waals surface area contributed by atoms with Crippen LogP contribution in [0.15, 0.2) is 18.7 Å². The van der Waals surface area contributed by atoms with E-state index in [1.165, 1.54) is 6.42 Å². The molecular weight excluding hydrogens is 202 g/mol. The highest BCUT2D eigenvalue weighted by molar-refractivity contribution is 4.96. The summed E-state index contributed by atoms with van der Waals surface area (Å²) in [6.45, 7) is 3.24. The van der Waals surface area contributed by atoms with Crippen LogP contribution < -0.4 is 5.32 Å². The third-order valence-corrected chi connectivity index (χ3v) is 3.62. The summed E-state index contributed by atoms with van der Waals surface area (Å²) in [6.07, 6.45) is 10.1. The first kappa shape index (κ1) is 11.6. The largest absolute Gasteiger partial charge is 0.394 e. The molecule has 1 fully saturated rings. The van der Waals surface area contributed by atoms with E-state index >= 15 is 0 Å². The Morgan fingerprint density at radius 3 is 3.12 bits per heavy atom. The van der Waals surface area contributed by atoms with Gasteiger partial charge in [0.2, 0.25) is 0 Å². The first-order valence-corrected chi connectivity index (χ1v) is 6.13. The summed E-state index contributed by atoms with van der Waals surface area (Å²) in [5, 5.41) is 13.1. The van der Waals surface area contributed by atoms with Crippen molar-refractivity contribution in [2.75, 3.05) is 13.2 Å². The van der Waals surface area contributed by atoms with Crippen LogP contribution in [0, 0.1) is 0 Å². The van der Waals surface area contributed by atoms with Crippen molar-refractivity contribution in [1.82, 2.24) is 14.9 Å². The summed E-state index contributed by atoms with van der Waals surface area (Å²) in [5.74, 6) is 0. The molecule has 4 nitrogen and oxygen atoms in total. The lowest BCUT2D eigenvalue weighted by Gasteiger charge is -2.40. The number of aliphatic hydroxyl groups is 1. The zero-order valence-corrected chi connectivity index (χ0v) is 9.89. The summed E-state index contributed by atoms with van der Waals surface area (Å²) >= 11 is 0. The van der Waals surface area contributed by atoms with E-state index < -0.39 is 0 Å². The Kier molecular flexibility index (Phi) is 3.61. The van der Waals surface area contributed by atoms with E-state index in [0.29, 0.717) is 6.04 Å². The number of likely N-dealkylation sites (N-methyl/N-ethyl adjacent to an activating group) is 1. The quantitative estimate of drug-likeness (QED) is 0.810. The van der Waals surface area contributed by atoms with Crippen molar-refractivity contribution in [2.24, 2.45) is 0 Å². The van der Waals surface area contributed by atoms with Gasteiger partial charge in [-0.3, -0.25) is 0 Å². The van der Waals surface area contributed by atoms with Crippen LogP contribution >= 0.6 is 0 Å². The Bertz CT molecular complexity index is 308. The zero-order valence-electron chi connectivity index (χ0n) is 9.89. The van der Waals surface area contributed by atoms with E-state index in [1.807, 2.05) is 18.7 Å². The molecule has 0 bridgehead atoms. The molecule has 2 N–H and O–H groups in total. The maximum Gasteiger partial charge on any atom is 0.0948 e. The van der Waals surface area contributed by atoms with E-state index in [9.17, 15) is 5.11 Å². The highest BCUT2D eigenvalue weighted by atomic mass is 16.3. The number of imidazole rings is 1. The Hall–Kier alpha value is -0.870. The lowest BCUT2D eigenvalue weighted by Crippen LogP contribution is -2.51. The van der Waals surface area contributed by atoms with Crippen LogP contribution in [0.2, 0.25) is 0 Å². The van der Waals surface area contributed by atoms with Gasteiger partial charge in [-0.1, -0.05) is 6.92 Å². The van der Waals surface area contributed by atoms with Crippen LogP contribution in [-0.4, -0.2) is 33.3 Å². The van der Waals surface area contributed by atoms with Gasteiger partial charge >= 0.3 is 0 Å². The number of hydrogen-bond donors (Lipinski definition) is 2. The highest BCUT2D eigenvalue weighted by Gasteiger charge is 2.35. The molecule has 1 saturated carbocycles. The van der Waals surface area contributed by atoms with E-state index in [0.717, 1.165) is 25.8 Å². The molecule has 4 heteroatoms. The van der Waals surface area contributed by atoms with Crippen LogP contribution in [0.1, 0.15) is 38.6 Å². The van der Waals surface area contributed by atoms with Crippen molar-refractivity contribution >= 4 is 0 Å². The Labute approximate surface area is 96.7 Å². The molecule has 2 rings (SSSR count). The van der Waals surface area contributed by atoms with Crippen molar-refractivity contribution in [3.63, 3.8) is 0 Å². The normalized spacial score (nSPS) is 30.5. The average Bonchev–Trinajstić information content (AvgIpc) is 2.83. The number of nitrogens with zero attached hydrogens (tertiary/aromatic N) is 2. The van der Waals surface area contributed by atoms with Crippen molar-refractivity contribution in [3.05, 3.63) is 18.7 Å². The summed E-state index contributed by atoms with van der Waals surface area (Å²) < 4.78 is 2.17. The van der Waals surface area contributed by atoms with E-state index in [-0.39, 0.29) is 12.1 Å². The first-order chi connectivity index (χ1) is 7.79. The molecule has 0 aromatic carbocycles. The second kappa shape index (κ2) is 4.97. The lowest BCUT2D eigenvalue weighted by molar-refractivity contribution is 0.0993. The van der Waals surface area contributed by atoms with Gasteiger partial charge < -0.3 is 15.0 Å². The second-order valence-corrected chi connectivity index (χ2v) is 4.73. The smallest absolute Gasteiger partial charge is 0.0948 e. The van der Waals surface area contributed by atoms with Crippen LogP contribution in [0.4, 0.5) is 0 Å². The molecule has 0 saturated heterocycles. The fraction of sp³-hybridized carbons (Fsp3) is 0.750. The van der Waals surface area contributed by atoms with Gasteiger partial charge in [0.25, 0.3) is 0 Å². The molecule has 16 heavy (non-hydrogen) atoms. The Morgan fingerprint density at radius 2 is 2.50 bits per heavy atom. The molecule has 2 atom stereocenters. The molecule has 0 aliphatic heterocycles. The molecule has 0 amide bonds. The third-order valence-electron chi connectivity index (χ3n) is 3.62. The van der Waals surface area contributed by atoms with Gasteiger partial charge in [0, 0.05) is 24.0 Å². The molecular formula is C12H21N3O. The van der Waals surface area contributed by atoms with Gasteiger partial charge in [0.05, 0.1) is 12.9 Å². The number of hydrogen-bond acceptors (Lipinski definition) is 3. The zero-order chi connectivity index (χ0) is 11.4. The standard InChI is InChI=1S/C12H21N3O/c1-2-14-12(9-16)5-3-4-11(8-12)15-7-6-13-10-15/h6-7,10-11,14,16H,2-5,8-9H2,1H3. The number of aliphatic hydroxyl groups excluding tert-OH is 1. The maximum absolute atomic E-state index is 9.60. The molecule has 2 unspecified atom stereocenters. The third kappa shape index (κ3) is 2.28. The molecule has 1 heterocycles. The van der Waals surface area contributed by atoms with Crippen molar-refractivity contribution < 1.29 is 5.11 Å². The van der Waals surface area contributed by atoms with Gasteiger partial charge in [0.15, 0.2) is 0 Å². The molecule has 0 radical (unpaired) electrons. The maximum atomic E-state index is 9.60. The Morgan fingerprint density at radius 1 is 1.62 bits per heavy atom. The van der Waals surface area contributed by atoms with Gasteiger partial charge in [-0.05, 0) is 32.2 Å². The first-order valence-electron chi connectivity index (χ1n) is 6.13. The molecule has 90 valence electrons. The summed E-state index contributed by atoms with van der Waals surface area (Å²) in [6, 6.07) is 0.474. The molecule has 1 aromatic heterocycles. The fourth-order valence-electron chi connectivity index (χ4n) is 2.81. The van der Waals surface area contributed by atoms with E-state index in [1.54, 1.807) is 0 Å². The van der Waals surface area contributed by atoms with Crippen LogP contribution in [0.25, 0.3) is 0 Å². The lowest BCUT2D eigenvalue weighted by atomic mass is 9.79. The molecule has 1 aliphatic carbocycles. The highest BCUT2D eigenvalue weighted by Crippen LogP contribution is 2.35. The predicted molar refractivity (Wildman–Crippen MR) is 63.2 cm³/mol. The number of aromatic nitrogens is 2. The monoisotopic (exact) mass is 223 g/mol. The van der Waals surface area contributed by atoms with E-state index in [2.05, 4.69) is 21.8 Å². The van der Waals surface area contributed by atoms with Gasteiger partial charge in [-0.25, -0.2) is 4.98 Å². The number of nitrogens with one attached hydrogen (secondary N) is 1. The Balaban J connectivity index is 2.08. The average molecular weight is 223 g/mol. The van der Waals surface area contributed by atoms with Gasteiger partial charge in [0.1, 0.15) is 0 Å². The van der Waals surface area contributed by atoms with Crippen LogP contribution in [0.3, 0.4) is 0 Å². The van der Waals surface area contributed by atoms with Crippen LogP contribution in [0.5, 0.6) is 0 Å². The fourth-order valence-corrected chi connectivity index (χ4v) is 2.81. The minimum atomic E-state index is -0.0814. The minimum absolute atomic E-state index is 0.0814. The summed E-state index contributed by atoms with van der Waals surface area (Å²) in [4.78, 5) is 4.10. The SMILES string of the molecule is CCNC1(CO)CCCC(n2ccnc2)C1. The number of rotatable bonds is 4. The van der Waals surface area contributed by atoms with Crippen molar-refractivity contribution in [2.45, 2.75) is 44.2 Å². The summed E-state index contributed by atoms with van der Waals surface area (Å²) in [7, 11) is 0. The van der Waals surface area contributed by atoms with Crippen LogP contribution in [-0.2, 0) is 0 Å². The molecule has 0 spiro atoms.